The monoisotopic (exact) mass is 359 g/mol. The molecule has 0 spiro atoms. The minimum absolute atomic E-state index is 0.366. The first kappa shape index (κ1) is 17.8. The maximum absolute atomic E-state index is 11.3. The fourth-order valence-electron chi connectivity index (χ4n) is 2.14. The summed E-state index contributed by atoms with van der Waals surface area (Å²) in [6, 6.07) is 6.94. The van der Waals surface area contributed by atoms with E-state index in [1.165, 1.54) is 0 Å². The third kappa shape index (κ3) is 4.99. The van der Waals surface area contributed by atoms with Crippen LogP contribution in [0.5, 0.6) is 5.75 Å². The smallest absolute Gasteiger partial charge is 0.404 e. The highest BCUT2D eigenvalue weighted by Crippen LogP contribution is 2.30. The first-order valence-corrected chi connectivity index (χ1v) is 7.82. The number of hydrazine groups is 1. The second-order valence-corrected chi connectivity index (χ2v) is 6.90. The van der Waals surface area contributed by atoms with Crippen molar-refractivity contribution < 1.29 is 14.3 Å². The molecule has 1 aromatic carbocycles. The standard InChI is InChI=1S/C15H19Cl2N3O3/c1-15(2,3)12(23-14(17)21)13(20-9-18-8-19-20)22-11-6-4-10(16)5-7-11/h4-8,12-13H,9H2,1-3H3,(H,18,19). The van der Waals surface area contributed by atoms with Crippen LogP contribution in [0.3, 0.4) is 0 Å². The van der Waals surface area contributed by atoms with Crippen molar-refractivity contribution in [3.8, 4) is 5.75 Å². The lowest BCUT2D eigenvalue weighted by Crippen LogP contribution is -2.56. The molecule has 0 radical (unpaired) electrons. The highest BCUT2D eigenvalue weighted by Gasteiger charge is 2.41. The van der Waals surface area contributed by atoms with E-state index in [-0.39, 0.29) is 0 Å². The topological polar surface area (TPSA) is 63.2 Å². The average Bonchev–Trinajstić information content (AvgIpc) is 2.97. The minimum atomic E-state index is -0.880. The molecular formula is C15H19Cl2N3O3. The predicted molar refractivity (Wildman–Crippen MR) is 89.8 cm³/mol. The molecule has 8 heteroatoms. The van der Waals surface area contributed by atoms with Gasteiger partial charge in [-0.25, -0.2) is 4.79 Å². The molecule has 0 saturated carbocycles. The molecular weight excluding hydrogens is 341 g/mol. The van der Waals surface area contributed by atoms with Gasteiger partial charge in [0.15, 0.2) is 6.10 Å². The summed E-state index contributed by atoms with van der Waals surface area (Å²) in [4.78, 5) is 15.4. The first-order valence-electron chi connectivity index (χ1n) is 7.07. The molecule has 0 aliphatic carbocycles. The van der Waals surface area contributed by atoms with Crippen molar-refractivity contribution in [1.29, 1.82) is 0 Å². The summed E-state index contributed by atoms with van der Waals surface area (Å²) in [5.74, 6) is 0.591. The molecule has 1 N–H and O–H groups in total. The number of benzene rings is 1. The molecule has 0 amide bonds. The Morgan fingerprint density at radius 3 is 2.48 bits per heavy atom. The van der Waals surface area contributed by atoms with Gasteiger partial charge in [-0.3, -0.25) is 4.99 Å². The Morgan fingerprint density at radius 1 is 1.35 bits per heavy atom. The number of carbonyl (C=O) groups excluding carboxylic acids is 1. The summed E-state index contributed by atoms with van der Waals surface area (Å²) >= 11 is 11.3. The fraction of sp³-hybridized carbons (Fsp3) is 0.467. The Hall–Kier alpha value is -1.50. The van der Waals surface area contributed by atoms with Crippen LogP contribution in [-0.4, -0.2) is 35.8 Å². The average molecular weight is 360 g/mol. The van der Waals surface area contributed by atoms with Gasteiger partial charge in [0.25, 0.3) is 0 Å². The Labute approximate surface area is 145 Å². The van der Waals surface area contributed by atoms with Gasteiger partial charge in [-0.2, -0.15) is 5.01 Å². The molecule has 1 heterocycles. The second kappa shape index (κ2) is 7.38. The van der Waals surface area contributed by atoms with E-state index in [4.69, 9.17) is 32.7 Å². The molecule has 0 saturated heterocycles. The van der Waals surface area contributed by atoms with Crippen molar-refractivity contribution >= 4 is 35.0 Å². The van der Waals surface area contributed by atoms with Gasteiger partial charge in [0.1, 0.15) is 12.4 Å². The number of rotatable bonds is 5. The van der Waals surface area contributed by atoms with E-state index in [2.05, 4.69) is 10.4 Å². The number of halogens is 2. The number of carbonyl (C=O) groups is 1. The molecule has 2 unspecified atom stereocenters. The fourth-order valence-corrected chi connectivity index (χ4v) is 2.36. The molecule has 1 aliphatic heterocycles. The number of ether oxygens (including phenoxy) is 2. The number of aliphatic imine (C=N–C) groups is 1. The van der Waals surface area contributed by atoms with Crippen molar-refractivity contribution in [2.75, 3.05) is 6.67 Å². The zero-order valence-corrected chi connectivity index (χ0v) is 14.6. The summed E-state index contributed by atoms with van der Waals surface area (Å²) in [7, 11) is 0. The molecule has 126 valence electrons. The van der Waals surface area contributed by atoms with Crippen LogP contribution >= 0.6 is 23.2 Å². The van der Waals surface area contributed by atoms with Crippen LogP contribution in [0, 0.1) is 5.41 Å². The van der Waals surface area contributed by atoms with Crippen molar-refractivity contribution in [3.63, 3.8) is 0 Å². The van der Waals surface area contributed by atoms with E-state index in [0.29, 0.717) is 17.4 Å². The van der Waals surface area contributed by atoms with Crippen LogP contribution in [0.4, 0.5) is 4.79 Å². The Balaban J connectivity index is 2.27. The van der Waals surface area contributed by atoms with Crippen molar-refractivity contribution in [3.05, 3.63) is 29.3 Å². The maximum Gasteiger partial charge on any atom is 0.404 e. The van der Waals surface area contributed by atoms with Gasteiger partial charge in [0.05, 0.1) is 6.34 Å². The van der Waals surface area contributed by atoms with Crippen LogP contribution in [0.25, 0.3) is 0 Å². The lowest BCUT2D eigenvalue weighted by atomic mass is 9.87. The third-order valence-corrected chi connectivity index (χ3v) is 3.60. The van der Waals surface area contributed by atoms with Crippen molar-refractivity contribution in [2.45, 2.75) is 33.1 Å². The minimum Gasteiger partial charge on any atom is -0.469 e. The molecule has 1 aliphatic rings. The summed E-state index contributed by atoms with van der Waals surface area (Å²) in [5, 5.41) is 2.33. The molecule has 0 aromatic heterocycles. The second-order valence-electron chi connectivity index (χ2n) is 6.16. The van der Waals surface area contributed by atoms with E-state index in [1.807, 2.05) is 20.8 Å². The van der Waals surface area contributed by atoms with E-state index in [9.17, 15) is 4.79 Å². The number of nitrogens with one attached hydrogen (secondary N) is 1. The summed E-state index contributed by atoms with van der Waals surface area (Å²) in [6.45, 7) is 6.18. The zero-order valence-electron chi connectivity index (χ0n) is 13.1. The number of hydrogen-bond donors (Lipinski definition) is 1. The molecule has 0 fully saturated rings. The van der Waals surface area contributed by atoms with E-state index in [1.54, 1.807) is 35.6 Å². The molecule has 6 nitrogen and oxygen atoms in total. The lowest BCUT2D eigenvalue weighted by Gasteiger charge is -2.39. The first-order chi connectivity index (χ1) is 10.8. The summed E-state index contributed by atoms with van der Waals surface area (Å²) in [6.07, 6.45) is 0.305. The highest BCUT2D eigenvalue weighted by molar-refractivity contribution is 6.61. The Kier molecular flexibility index (Phi) is 5.73. The largest absolute Gasteiger partial charge is 0.469 e. The molecule has 2 atom stereocenters. The van der Waals surface area contributed by atoms with Gasteiger partial charge in [-0.05, 0) is 24.3 Å². The van der Waals surface area contributed by atoms with Gasteiger partial charge in [-0.15, -0.1) is 0 Å². The lowest BCUT2D eigenvalue weighted by molar-refractivity contribution is -0.111. The normalized spacial score (nSPS) is 17.4. The van der Waals surface area contributed by atoms with Crippen molar-refractivity contribution in [1.82, 2.24) is 10.4 Å². The molecule has 2 rings (SSSR count). The van der Waals surface area contributed by atoms with Gasteiger partial charge >= 0.3 is 5.43 Å². The molecule has 1 aromatic rings. The predicted octanol–water partition coefficient (Wildman–Crippen LogP) is 3.64. The van der Waals surface area contributed by atoms with Crippen LogP contribution < -0.4 is 10.2 Å². The van der Waals surface area contributed by atoms with Crippen LogP contribution in [0.1, 0.15) is 20.8 Å². The summed E-state index contributed by atoms with van der Waals surface area (Å²) < 4.78 is 11.4. The SMILES string of the molecule is CC(C)(C)C(OC(=O)Cl)C(Oc1ccc(Cl)cc1)N1CN=CN1. The zero-order chi connectivity index (χ0) is 17.0. The quantitative estimate of drug-likeness (QED) is 0.813. The third-order valence-electron chi connectivity index (χ3n) is 3.26. The number of nitrogens with zero attached hydrogens (tertiary/aromatic N) is 2. The van der Waals surface area contributed by atoms with Gasteiger partial charge in [-0.1, -0.05) is 32.4 Å². The summed E-state index contributed by atoms with van der Waals surface area (Å²) in [5.41, 5.74) is 1.68. The van der Waals surface area contributed by atoms with Gasteiger partial charge in [0.2, 0.25) is 6.23 Å². The van der Waals surface area contributed by atoms with E-state index < -0.39 is 23.2 Å². The van der Waals surface area contributed by atoms with Crippen LogP contribution in [0.2, 0.25) is 5.02 Å². The van der Waals surface area contributed by atoms with Crippen LogP contribution in [0.15, 0.2) is 29.3 Å². The highest BCUT2D eigenvalue weighted by atomic mass is 35.5. The Bertz CT molecular complexity index is 564. The van der Waals surface area contributed by atoms with Gasteiger partial charge in [0, 0.05) is 22.0 Å². The number of hydrogen-bond acceptors (Lipinski definition) is 6. The van der Waals surface area contributed by atoms with Crippen molar-refractivity contribution in [2.24, 2.45) is 10.4 Å². The molecule has 23 heavy (non-hydrogen) atoms. The molecule has 0 bridgehead atoms. The van der Waals surface area contributed by atoms with Gasteiger partial charge < -0.3 is 14.9 Å². The maximum atomic E-state index is 11.3. The van der Waals surface area contributed by atoms with E-state index >= 15 is 0 Å². The Morgan fingerprint density at radius 2 is 2.00 bits per heavy atom. The van der Waals surface area contributed by atoms with Crippen LogP contribution in [-0.2, 0) is 4.74 Å². The van der Waals surface area contributed by atoms with E-state index in [0.717, 1.165) is 0 Å².